The van der Waals surface area contributed by atoms with Gasteiger partial charge in [0.05, 0.1) is 5.69 Å². The molecule has 0 aromatic carbocycles. The summed E-state index contributed by atoms with van der Waals surface area (Å²) in [6.45, 7) is 0.551. The minimum Gasteiger partial charge on any atom is -0.325 e. The number of nitrogens with two attached hydrogens (primary N) is 1. The van der Waals surface area contributed by atoms with E-state index in [1.54, 1.807) is 0 Å². The van der Waals surface area contributed by atoms with Crippen LogP contribution in [0.15, 0.2) is 6.07 Å². The van der Waals surface area contributed by atoms with Crippen molar-refractivity contribution in [2.24, 2.45) is 12.8 Å². The first-order valence-electron chi connectivity index (χ1n) is 5.12. The van der Waals surface area contributed by atoms with Gasteiger partial charge in [0.25, 0.3) is 0 Å². The van der Waals surface area contributed by atoms with E-state index in [0.29, 0.717) is 12.5 Å². The minimum atomic E-state index is 0.551. The van der Waals surface area contributed by atoms with Crippen molar-refractivity contribution < 1.29 is 0 Å². The normalized spacial score (nSPS) is 18.7. The smallest absolute Gasteiger partial charge is 0.0763 e. The quantitative estimate of drug-likeness (QED) is 0.806. The molecule has 0 radical (unpaired) electrons. The Kier molecular flexibility index (Phi) is 3.13. The summed E-state index contributed by atoms with van der Waals surface area (Å²) in [6.07, 6.45) is 2.57. The molecule has 78 valence electrons. The molecular formula is C10H17N3S. The maximum absolute atomic E-state index is 5.58. The van der Waals surface area contributed by atoms with Crippen LogP contribution in [0.1, 0.15) is 30.1 Å². The highest BCUT2D eigenvalue weighted by atomic mass is 32.2. The molecule has 0 spiro atoms. The van der Waals surface area contributed by atoms with E-state index in [2.05, 4.69) is 22.9 Å². The number of aromatic nitrogens is 2. The summed E-state index contributed by atoms with van der Waals surface area (Å²) in [6, 6.07) is 2.17. The second kappa shape index (κ2) is 4.36. The van der Waals surface area contributed by atoms with Crippen LogP contribution < -0.4 is 5.73 Å². The Bertz CT molecular complexity index is 302. The van der Waals surface area contributed by atoms with Crippen molar-refractivity contribution in [2.45, 2.75) is 25.3 Å². The third-order valence-electron chi connectivity index (χ3n) is 2.82. The van der Waals surface area contributed by atoms with Crippen LogP contribution in [-0.4, -0.2) is 21.3 Å². The molecule has 0 atom stereocenters. The van der Waals surface area contributed by atoms with Crippen LogP contribution in [0.25, 0.3) is 0 Å². The lowest BCUT2D eigenvalue weighted by atomic mass is 9.98. The van der Waals surface area contributed by atoms with Crippen LogP contribution in [0, 0.1) is 0 Å². The van der Waals surface area contributed by atoms with E-state index < -0.39 is 0 Å². The average Bonchev–Trinajstić information content (AvgIpc) is 2.61. The lowest BCUT2D eigenvalue weighted by Gasteiger charge is -2.21. The molecule has 1 aliphatic heterocycles. The molecular weight excluding hydrogens is 194 g/mol. The zero-order valence-corrected chi connectivity index (χ0v) is 9.39. The van der Waals surface area contributed by atoms with Crippen LogP contribution in [0.3, 0.4) is 0 Å². The van der Waals surface area contributed by atoms with E-state index >= 15 is 0 Å². The maximum atomic E-state index is 5.58. The number of hydrogen-bond acceptors (Lipinski definition) is 3. The molecule has 1 aliphatic rings. The van der Waals surface area contributed by atoms with Gasteiger partial charge in [0.15, 0.2) is 0 Å². The molecule has 2 rings (SSSR count). The summed E-state index contributed by atoms with van der Waals surface area (Å²) in [5.74, 6) is 3.27. The average molecular weight is 211 g/mol. The zero-order chi connectivity index (χ0) is 9.97. The van der Waals surface area contributed by atoms with Gasteiger partial charge in [-0.05, 0) is 30.4 Å². The number of thioether (sulfide) groups is 1. The Morgan fingerprint density at radius 3 is 2.86 bits per heavy atom. The topological polar surface area (TPSA) is 43.8 Å². The number of rotatable bonds is 2. The molecule has 1 saturated heterocycles. The fraction of sp³-hybridized carbons (Fsp3) is 0.700. The first-order chi connectivity index (χ1) is 6.81. The van der Waals surface area contributed by atoms with Crippen LogP contribution >= 0.6 is 11.8 Å². The van der Waals surface area contributed by atoms with E-state index in [-0.39, 0.29) is 0 Å². The highest BCUT2D eigenvalue weighted by molar-refractivity contribution is 7.99. The maximum Gasteiger partial charge on any atom is 0.0763 e. The predicted octanol–water partition coefficient (Wildman–Crippen LogP) is 1.49. The molecule has 1 aromatic heterocycles. The molecule has 0 amide bonds. The molecule has 0 saturated carbocycles. The minimum absolute atomic E-state index is 0.551. The highest BCUT2D eigenvalue weighted by Crippen LogP contribution is 2.31. The highest BCUT2D eigenvalue weighted by Gasteiger charge is 2.19. The van der Waals surface area contributed by atoms with E-state index in [0.717, 1.165) is 5.69 Å². The number of aryl methyl sites for hydroxylation is 1. The molecule has 0 bridgehead atoms. The summed E-state index contributed by atoms with van der Waals surface area (Å²) >= 11 is 2.06. The Labute approximate surface area is 89.1 Å². The summed E-state index contributed by atoms with van der Waals surface area (Å²) in [7, 11) is 2.02. The SMILES string of the molecule is Cn1nc(CN)cc1C1CCSCC1. The molecule has 3 nitrogen and oxygen atoms in total. The van der Waals surface area contributed by atoms with Crippen molar-refractivity contribution in [1.82, 2.24) is 9.78 Å². The van der Waals surface area contributed by atoms with Crippen molar-refractivity contribution in [3.05, 3.63) is 17.5 Å². The summed E-state index contributed by atoms with van der Waals surface area (Å²) in [4.78, 5) is 0. The van der Waals surface area contributed by atoms with Crippen LogP contribution in [-0.2, 0) is 13.6 Å². The number of nitrogens with zero attached hydrogens (tertiary/aromatic N) is 2. The Hall–Kier alpha value is -0.480. The van der Waals surface area contributed by atoms with Crippen LogP contribution in [0.2, 0.25) is 0 Å². The van der Waals surface area contributed by atoms with Crippen molar-refractivity contribution in [2.75, 3.05) is 11.5 Å². The molecule has 2 heterocycles. The molecule has 14 heavy (non-hydrogen) atoms. The van der Waals surface area contributed by atoms with Gasteiger partial charge in [-0.3, -0.25) is 4.68 Å². The number of hydrogen-bond donors (Lipinski definition) is 1. The molecule has 0 unspecified atom stereocenters. The van der Waals surface area contributed by atoms with Gasteiger partial charge in [-0.1, -0.05) is 0 Å². The molecule has 4 heteroatoms. The van der Waals surface area contributed by atoms with Gasteiger partial charge >= 0.3 is 0 Å². The lowest BCUT2D eigenvalue weighted by molar-refractivity contribution is 0.569. The Morgan fingerprint density at radius 2 is 2.29 bits per heavy atom. The van der Waals surface area contributed by atoms with E-state index in [4.69, 9.17) is 5.73 Å². The molecule has 2 N–H and O–H groups in total. The zero-order valence-electron chi connectivity index (χ0n) is 8.57. The van der Waals surface area contributed by atoms with E-state index in [1.165, 1.54) is 30.0 Å². The van der Waals surface area contributed by atoms with Gasteiger partial charge in [0.2, 0.25) is 0 Å². The summed E-state index contributed by atoms with van der Waals surface area (Å²) in [5.41, 5.74) is 7.96. The Balaban J connectivity index is 2.17. The molecule has 0 aliphatic carbocycles. The summed E-state index contributed by atoms with van der Waals surface area (Å²) < 4.78 is 2.00. The van der Waals surface area contributed by atoms with Gasteiger partial charge in [0.1, 0.15) is 0 Å². The lowest BCUT2D eigenvalue weighted by Crippen LogP contribution is -2.11. The van der Waals surface area contributed by atoms with Gasteiger partial charge in [0, 0.05) is 25.2 Å². The second-order valence-corrected chi connectivity index (χ2v) is 5.00. The van der Waals surface area contributed by atoms with E-state index in [9.17, 15) is 0 Å². The van der Waals surface area contributed by atoms with E-state index in [1.807, 2.05) is 11.7 Å². The van der Waals surface area contributed by atoms with Crippen molar-refractivity contribution in [1.29, 1.82) is 0 Å². The monoisotopic (exact) mass is 211 g/mol. The van der Waals surface area contributed by atoms with Gasteiger partial charge < -0.3 is 5.73 Å². The molecule has 1 fully saturated rings. The third-order valence-corrected chi connectivity index (χ3v) is 3.86. The second-order valence-electron chi connectivity index (χ2n) is 3.77. The van der Waals surface area contributed by atoms with Gasteiger partial charge in [-0.2, -0.15) is 16.9 Å². The largest absolute Gasteiger partial charge is 0.325 e. The summed E-state index contributed by atoms with van der Waals surface area (Å²) in [5, 5.41) is 4.39. The van der Waals surface area contributed by atoms with Crippen molar-refractivity contribution in [3.8, 4) is 0 Å². The van der Waals surface area contributed by atoms with Gasteiger partial charge in [-0.25, -0.2) is 0 Å². The van der Waals surface area contributed by atoms with Crippen LogP contribution in [0.5, 0.6) is 0 Å². The van der Waals surface area contributed by atoms with Crippen LogP contribution in [0.4, 0.5) is 0 Å². The first-order valence-corrected chi connectivity index (χ1v) is 6.27. The third kappa shape index (κ3) is 1.96. The molecule has 1 aromatic rings. The standard InChI is InChI=1S/C10H17N3S/c1-13-10(6-9(7-11)12-13)8-2-4-14-5-3-8/h6,8H,2-5,7,11H2,1H3. The van der Waals surface area contributed by atoms with Crippen molar-refractivity contribution in [3.63, 3.8) is 0 Å². The fourth-order valence-corrected chi connectivity index (χ4v) is 3.13. The van der Waals surface area contributed by atoms with Crippen molar-refractivity contribution >= 4 is 11.8 Å². The fourth-order valence-electron chi connectivity index (χ4n) is 2.02. The first kappa shape index (κ1) is 10.1. The Morgan fingerprint density at radius 1 is 1.57 bits per heavy atom. The predicted molar refractivity (Wildman–Crippen MR) is 60.4 cm³/mol. The van der Waals surface area contributed by atoms with Gasteiger partial charge in [-0.15, -0.1) is 0 Å².